The number of aliphatic hydroxyl groups excluding tert-OH is 1. The van der Waals surface area contributed by atoms with Crippen LogP contribution in [0.3, 0.4) is 0 Å². The first kappa shape index (κ1) is 20.3. The summed E-state index contributed by atoms with van der Waals surface area (Å²) in [6, 6.07) is 19.9. The number of carbonyl (C=O) groups excluding carboxylic acids is 2. The SMILES string of the molecule is Cc1cc(NC(=O)C(CCO)OC(=O)C(c2ccccc2)c2ccccc2)no1. The molecule has 0 aliphatic carbocycles. The Morgan fingerprint density at radius 2 is 1.66 bits per heavy atom. The van der Waals surface area contributed by atoms with Crippen LogP contribution in [0.5, 0.6) is 0 Å². The summed E-state index contributed by atoms with van der Waals surface area (Å²) in [7, 11) is 0. The quantitative estimate of drug-likeness (QED) is 0.570. The highest BCUT2D eigenvalue weighted by molar-refractivity contribution is 5.95. The zero-order chi connectivity index (χ0) is 20.6. The minimum absolute atomic E-state index is 0.0370. The molecule has 0 spiro atoms. The van der Waals surface area contributed by atoms with Crippen LogP contribution >= 0.6 is 0 Å². The highest BCUT2D eigenvalue weighted by Crippen LogP contribution is 2.27. The van der Waals surface area contributed by atoms with E-state index in [0.717, 1.165) is 11.1 Å². The molecule has 2 aromatic carbocycles. The molecule has 0 aliphatic heterocycles. The first-order valence-electron chi connectivity index (χ1n) is 9.24. The van der Waals surface area contributed by atoms with Crippen molar-refractivity contribution in [2.24, 2.45) is 0 Å². The molecular formula is C22H22N2O5. The summed E-state index contributed by atoms with van der Waals surface area (Å²) < 4.78 is 10.5. The second-order valence-electron chi connectivity index (χ2n) is 6.50. The van der Waals surface area contributed by atoms with Crippen LogP contribution in [0.2, 0.25) is 0 Å². The van der Waals surface area contributed by atoms with Crippen molar-refractivity contribution in [3.05, 3.63) is 83.6 Å². The lowest BCUT2D eigenvalue weighted by atomic mass is 9.91. The molecule has 29 heavy (non-hydrogen) atoms. The fourth-order valence-electron chi connectivity index (χ4n) is 2.96. The minimum Gasteiger partial charge on any atom is -0.451 e. The van der Waals surface area contributed by atoms with E-state index in [1.54, 1.807) is 13.0 Å². The van der Waals surface area contributed by atoms with Crippen LogP contribution in [0.4, 0.5) is 5.82 Å². The highest BCUT2D eigenvalue weighted by Gasteiger charge is 2.30. The molecule has 1 heterocycles. The predicted molar refractivity (Wildman–Crippen MR) is 106 cm³/mol. The molecule has 3 aromatic rings. The molecule has 0 saturated heterocycles. The second-order valence-corrected chi connectivity index (χ2v) is 6.50. The first-order chi connectivity index (χ1) is 14.1. The van der Waals surface area contributed by atoms with Gasteiger partial charge in [-0.05, 0) is 18.1 Å². The zero-order valence-corrected chi connectivity index (χ0v) is 15.9. The first-order valence-corrected chi connectivity index (χ1v) is 9.24. The number of aliphatic hydroxyl groups is 1. The van der Waals surface area contributed by atoms with Crippen LogP contribution in [0.25, 0.3) is 0 Å². The van der Waals surface area contributed by atoms with Crippen molar-refractivity contribution in [1.82, 2.24) is 5.16 Å². The Balaban J connectivity index is 1.81. The maximum atomic E-state index is 13.1. The van der Waals surface area contributed by atoms with Crippen molar-refractivity contribution in [1.29, 1.82) is 0 Å². The number of hydrogen-bond acceptors (Lipinski definition) is 6. The van der Waals surface area contributed by atoms with Gasteiger partial charge in [-0.25, -0.2) is 0 Å². The van der Waals surface area contributed by atoms with Crippen LogP contribution in [0.1, 0.15) is 29.2 Å². The third-order valence-electron chi connectivity index (χ3n) is 4.32. The average molecular weight is 394 g/mol. The molecule has 0 fully saturated rings. The van der Waals surface area contributed by atoms with Gasteiger partial charge in [-0.15, -0.1) is 0 Å². The lowest BCUT2D eigenvalue weighted by Crippen LogP contribution is -2.35. The van der Waals surface area contributed by atoms with E-state index in [2.05, 4.69) is 10.5 Å². The number of aryl methyl sites for hydroxylation is 1. The van der Waals surface area contributed by atoms with Gasteiger partial charge in [0, 0.05) is 19.1 Å². The van der Waals surface area contributed by atoms with Crippen molar-refractivity contribution in [3.63, 3.8) is 0 Å². The van der Waals surface area contributed by atoms with Gasteiger partial charge < -0.3 is 19.7 Å². The number of rotatable bonds is 8. The molecule has 150 valence electrons. The Kier molecular flexibility index (Phi) is 6.76. The lowest BCUT2D eigenvalue weighted by molar-refractivity contribution is -0.155. The van der Waals surface area contributed by atoms with Crippen LogP contribution in [-0.2, 0) is 14.3 Å². The van der Waals surface area contributed by atoms with E-state index < -0.39 is 23.9 Å². The van der Waals surface area contributed by atoms with Gasteiger partial charge in [-0.1, -0.05) is 65.8 Å². The molecular weight excluding hydrogens is 372 g/mol. The third kappa shape index (κ3) is 5.30. The van der Waals surface area contributed by atoms with Crippen molar-refractivity contribution in [2.45, 2.75) is 25.4 Å². The molecule has 3 rings (SSSR count). The summed E-state index contributed by atoms with van der Waals surface area (Å²) in [5.41, 5.74) is 1.50. The molecule has 1 unspecified atom stereocenters. The Bertz CT molecular complexity index is 901. The van der Waals surface area contributed by atoms with Crippen molar-refractivity contribution >= 4 is 17.7 Å². The molecule has 7 heteroatoms. The van der Waals surface area contributed by atoms with E-state index in [0.29, 0.717) is 5.76 Å². The van der Waals surface area contributed by atoms with E-state index >= 15 is 0 Å². The van der Waals surface area contributed by atoms with Crippen molar-refractivity contribution < 1.29 is 24.0 Å². The topological polar surface area (TPSA) is 102 Å². The molecule has 0 bridgehead atoms. The Hall–Kier alpha value is -3.45. The molecule has 1 amide bonds. The Labute approximate surface area is 168 Å². The monoisotopic (exact) mass is 394 g/mol. The zero-order valence-electron chi connectivity index (χ0n) is 15.9. The Morgan fingerprint density at radius 1 is 1.07 bits per heavy atom. The molecule has 7 nitrogen and oxygen atoms in total. The molecule has 0 aliphatic rings. The largest absolute Gasteiger partial charge is 0.451 e. The fraction of sp³-hybridized carbons (Fsp3) is 0.227. The van der Waals surface area contributed by atoms with E-state index in [1.165, 1.54) is 0 Å². The summed E-state index contributed by atoms with van der Waals surface area (Å²) in [4.78, 5) is 25.6. The maximum absolute atomic E-state index is 13.1. The van der Waals surface area contributed by atoms with Crippen LogP contribution < -0.4 is 5.32 Å². The number of hydrogen-bond donors (Lipinski definition) is 2. The summed E-state index contributed by atoms with van der Waals surface area (Å²) in [5, 5.41) is 15.6. The standard InChI is InChI=1S/C22H22N2O5/c1-15-14-19(24-29-15)23-21(26)18(12-13-25)28-22(27)20(16-8-4-2-5-9-16)17-10-6-3-7-11-17/h2-11,14,18,20,25H,12-13H2,1H3,(H,23,24,26). The van der Waals surface area contributed by atoms with Gasteiger partial charge in [-0.2, -0.15) is 0 Å². The number of amides is 1. The second kappa shape index (κ2) is 9.66. The van der Waals surface area contributed by atoms with Gasteiger partial charge in [0.25, 0.3) is 5.91 Å². The van der Waals surface area contributed by atoms with E-state index in [9.17, 15) is 14.7 Å². The molecule has 0 saturated carbocycles. The molecule has 1 atom stereocenters. The summed E-state index contributed by atoms with van der Waals surface area (Å²) in [5.74, 6) is -1.10. The number of anilines is 1. The number of esters is 1. The van der Waals surface area contributed by atoms with Crippen molar-refractivity contribution in [2.75, 3.05) is 11.9 Å². The van der Waals surface area contributed by atoms with Crippen LogP contribution in [0, 0.1) is 6.92 Å². The van der Waals surface area contributed by atoms with Gasteiger partial charge in [0.1, 0.15) is 11.7 Å². The summed E-state index contributed by atoms with van der Waals surface area (Å²) in [6.45, 7) is 1.38. The van der Waals surface area contributed by atoms with Gasteiger partial charge in [-0.3, -0.25) is 9.59 Å². The predicted octanol–water partition coefficient (Wildman–Crippen LogP) is 3.05. The highest BCUT2D eigenvalue weighted by atomic mass is 16.5. The van der Waals surface area contributed by atoms with Crippen LogP contribution in [0.15, 0.2) is 71.3 Å². The normalized spacial score (nSPS) is 11.8. The number of ether oxygens (including phenoxy) is 1. The third-order valence-corrected chi connectivity index (χ3v) is 4.32. The van der Waals surface area contributed by atoms with Gasteiger partial charge in [0.2, 0.25) is 0 Å². The van der Waals surface area contributed by atoms with Gasteiger partial charge in [0.15, 0.2) is 11.9 Å². The summed E-state index contributed by atoms with van der Waals surface area (Å²) in [6.07, 6.45) is -1.20. The minimum atomic E-state index is -1.17. The van der Waals surface area contributed by atoms with Crippen molar-refractivity contribution in [3.8, 4) is 0 Å². The van der Waals surface area contributed by atoms with Gasteiger partial charge >= 0.3 is 5.97 Å². The Morgan fingerprint density at radius 3 is 2.14 bits per heavy atom. The van der Waals surface area contributed by atoms with E-state index in [-0.39, 0.29) is 18.8 Å². The maximum Gasteiger partial charge on any atom is 0.318 e. The fourth-order valence-corrected chi connectivity index (χ4v) is 2.96. The lowest BCUT2D eigenvalue weighted by Gasteiger charge is -2.21. The molecule has 0 radical (unpaired) electrons. The van der Waals surface area contributed by atoms with Gasteiger partial charge in [0.05, 0.1) is 0 Å². The number of carbonyl (C=O) groups is 2. The molecule has 1 aromatic heterocycles. The van der Waals surface area contributed by atoms with E-state index in [1.807, 2.05) is 60.7 Å². The van der Waals surface area contributed by atoms with Crippen LogP contribution in [-0.4, -0.2) is 34.9 Å². The number of benzene rings is 2. The van der Waals surface area contributed by atoms with E-state index in [4.69, 9.17) is 9.26 Å². The number of nitrogens with zero attached hydrogens (tertiary/aromatic N) is 1. The average Bonchev–Trinajstić information content (AvgIpc) is 3.14. The molecule has 2 N–H and O–H groups in total. The smallest absolute Gasteiger partial charge is 0.318 e. The number of nitrogens with one attached hydrogen (secondary N) is 1. The summed E-state index contributed by atoms with van der Waals surface area (Å²) >= 11 is 0. The number of aromatic nitrogens is 1.